The summed E-state index contributed by atoms with van der Waals surface area (Å²) in [4.78, 5) is 31.3. The van der Waals surface area contributed by atoms with E-state index in [-0.39, 0.29) is 24.1 Å². The highest BCUT2D eigenvalue weighted by molar-refractivity contribution is 6.06. The van der Waals surface area contributed by atoms with E-state index in [0.717, 1.165) is 4.90 Å². The number of benzene rings is 1. The molecule has 0 saturated carbocycles. The third-order valence-electron chi connectivity index (χ3n) is 3.14. The molecular formula is C12H11FN4O2. The summed E-state index contributed by atoms with van der Waals surface area (Å²) in [6, 6.07) is 3.55. The Bertz CT molecular complexity index is 681. The molecule has 1 aromatic heterocycles. The van der Waals surface area contributed by atoms with E-state index >= 15 is 0 Å². The van der Waals surface area contributed by atoms with Gasteiger partial charge in [-0.15, -0.1) is 0 Å². The van der Waals surface area contributed by atoms with Gasteiger partial charge in [-0.25, -0.2) is 9.37 Å². The van der Waals surface area contributed by atoms with Crippen molar-refractivity contribution in [2.24, 2.45) is 0 Å². The van der Waals surface area contributed by atoms with E-state index in [9.17, 15) is 14.0 Å². The van der Waals surface area contributed by atoms with Gasteiger partial charge in [-0.1, -0.05) is 0 Å². The molecule has 19 heavy (non-hydrogen) atoms. The summed E-state index contributed by atoms with van der Waals surface area (Å²) in [5.74, 6) is -0.544. The molecule has 2 amide bonds. The maximum atomic E-state index is 13.0. The summed E-state index contributed by atoms with van der Waals surface area (Å²) in [5.41, 5.74) is 1.13. The van der Waals surface area contributed by atoms with Crippen molar-refractivity contribution in [2.75, 3.05) is 12.4 Å². The molecule has 1 aliphatic heterocycles. The second kappa shape index (κ2) is 4.04. The van der Waals surface area contributed by atoms with E-state index in [1.807, 2.05) is 0 Å². The van der Waals surface area contributed by atoms with Gasteiger partial charge < -0.3 is 10.3 Å². The summed E-state index contributed by atoms with van der Waals surface area (Å²) in [6.45, 7) is 0. The molecule has 1 aliphatic rings. The van der Waals surface area contributed by atoms with Gasteiger partial charge in [-0.05, 0) is 18.2 Å². The van der Waals surface area contributed by atoms with Gasteiger partial charge in [-0.2, -0.15) is 0 Å². The number of amides is 2. The zero-order valence-corrected chi connectivity index (χ0v) is 10.1. The molecule has 0 bridgehead atoms. The van der Waals surface area contributed by atoms with Crippen LogP contribution in [0.2, 0.25) is 0 Å². The molecule has 6 nitrogen and oxygen atoms in total. The fourth-order valence-electron chi connectivity index (χ4n) is 2.08. The van der Waals surface area contributed by atoms with Crippen LogP contribution in [0.1, 0.15) is 6.42 Å². The third kappa shape index (κ3) is 1.92. The first-order valence-corrected chi connectivity index (χ1v) is 5.77. The lowest BCUT2D eigenvalue weighted by Crippen LogP contribution is -2.32. The number of imide groups is 1. The summed E-state index contributed by atoms with van der Waals surface area (Å²) < 4.78 is 13.0. The predicted octanol–water partition coefficient (Wildman–Crippen LogP) is 0.871. The fourth-order valence-corrected chi connectivity index (χ4v) is 2.08. The molecule has 2 N–H and O–H groups in total. The van der Waals surface area contributed by atoms with Crippen LogP contribution in [0.3, 0.4) is 0 Å². The molecule has 1 unspecified atom stereocenters. The Labute approximate surface area is 107 Å². The van der Waals surface area contributed by atoms with Crippen LogP contribution in [0, 0.1) is 5.82 Å². The smallest absolute Gasteiger partial charge is 0.252 e. The maximum Gasteiger partial charge on any atom is 0.252 e. The lowest BCUT2D eigenvalue weighted by atomic mass is 10.2. The van der Waals surface area contributed by atoms with Crippen molar-refractivity contribution >= 4 is 28.8 Å². The highest BCUT2D eigenvalue weighted by Gasteiger charge is 2.36. The van der Waals surface area contributed by atoms with Crippen molar-refractivity contribution in [3.63, 3.8) is 0 Å². The van der Waals surface area contributed by atoms with Crippen LogP contribution in [-0.2, 0) is 9.59 Å². The van der Waals surface area contributed by atoms with Crippen molar-refractivity contribution in [3.05, 3.63) is 24.0 Å². The van der Waals surface area contributed by atoms with E-state index in [0.29, 0.717) is 17.0 Å². The fraction of sp³-hybridized carbons (Fsp3) is 0.250. The Kier molecular flexibility index (Phi) is 2.48. The minimum atomic E-state index is -0.622. The minimum Gasteiger partial charge on any atom is -0.343 e. The number of nitrogens with zero attached hydrogens (tertiary/aromatic N) is 2. The molecule has 1 aromatic carbocycles. The molecule has 0 spiro atoms. The van der Waals surface area contributed by atoms with Gasteiger partial charge in [-0.3, -0.25) is 14.5 Å². The number of rotatable bonds is 2. The van der Waals surface area contributed by atoms with Crippen LogP contribution in [0.5, 0.6) is 0 Å². The van der Waals surface area contributed by atoms with Gasteiger partial charge in [0.15, 0.2) is 0 Å². The predicted molar refractivity (Wildman–Crippen MR) is 65.9 cm³/mol. The number of likely N-dealkylation sites (N-methyl/N-ethyl adjacent to an activating group) is 1. The molecule has 2 heterocycles. The first kappa shape index (κ1) is 11.6. The third-order valence-corrected chi connectivity index (χ3v) is 3.14. The normalized spacial score (nSPS) is 19.5. The van der Waals surface area contributed by atoms with Crippen LogP contribution in [-0.4, -0.2) is 39.8 Å². The zero-order chi connectivity index (χ0) is 13.6. The van der Waals surface area contributed by atoms with Crippen molar-refractivity contribution in [1.29, 1.82) is 0 Å². The van der Waals surface area contributed by atoms with Crippen LogP contribution in [0.15, 0.2) is 18.2 Å². The number of hydrogen-bond donors (Lipinski definition) is 2. The zero-order valence-electron chi connectivity index (χ0n) is 10.1. The number of aromatic nitrogens is 2. The van der Waals surface area contributed by atoms with Gasteiger partial charge >= 0.3 is 0 Å². The van der Waals surface area contributed by atoms with Gasteiger partial charge in [0.1, 0.15) is 11.9 Å². The lowest BCUT2D eigenvalue weighted by molar-refractivity contribution is -0.136. The Balaban J connectivity index is 1.86. The molecule has 1 saturated heterocycles. The van der Waals surface area contributed by atoms with E-state index < -0.39 is 6.04 Å². The molecule has 2 aromatic rings. The second-order valence-electron chi connectivity index (χ2n) is 4.44. The highest BCUT2D eigenvalue weighted by Crippen LogP contribution is 2.19. The molecule has 1 fully saturated rings. The number of carbonyl (C=O) groups excluding carboxylic acids is 2. The molecule has 0 radical (unpaired) electrons. The number of anilines is 1. The number of nitrogens with one attached hydrogen (secondary N) is 2. The monoisotopic (exact) mass is 262 g/mol. The standard InChI is InChI=1S/C12H11FN4O2/c1-17-10(18)5-9(11(17)19)16-12-14-7-3-2-6(13)4-8(7)15-12/h2-4,9H,5H2,1H3,(H2,14,15,16). The number of hydrogen-bond acceptors (Lipinski definition) is 4. The van der Waals surface area contributed by atoms with Gasteiger partial charge in [0, 0.05) is 7.05 Å². The van der Waals surface area contributed by atoms with E-state index in [1.165, 1.54) is 19.2 Å². The summed E-state index contributed by atoms with van der Waals surface area (Å²) in [7, 11) is 1.44. The van der Waals surface area contributed by atoms with Crippen molar-refractivity contribution < 1.29 is 14.0 Å². The Morgan fingerprint density at radius 1 is 1.47 bits per heavy atom. The first-order valence-electron chi connectivity index (χ1n) is 5.77. The van der Waals surface area contributed by atoms with Gasteiger partial charge in [0.2, 0.25) is 11.9 Å². The van der Waals surface area contributed by atoms with Crippen molar-refractivity contribution in [2.45, 2.75) is 12.5 Å². The number of H-pyrrole nitrogens is 1. The molecule has 1 atom stereocenters. The maximum absolute atomic E-state index is 13.0. The van der Waals surface area contributed by atoms with Crippen LogP contribution >= 0.6 is 0 Å². The molecule has 98 valence electrons. The van der Waals surface area contributed by atoms with Gasteiger partial charge in [0.25, 0.3) is 5.91 Å². The number of halogens is 1. The number of carbonyl (C=O) groups is 2. The quantitative estimate of drug-likeness (QED) is 0.787. The Hall–Kier alpha value is -2.44. The number of aromatic amines is 1. The Morgan fingerprint density at radius 3 is 2.95 bits per heavy atom. The molecular weight excluding hydrogens is 251 g/mol. The van der Waals surface area contributed by atoms with Crippen LogP contribution in [0.4, 0.5) is 10.3 Å². The highest BCUT2D eigenvalue weighted by atomic mass is 19.1. The molecule has 7 heteroatoms. The van der Waals surface area contributed by atoms with E-state index in [1.54, 1.807) is 6.07 Å². The largest absolute Gasteiger partial charge is 0.343 e. The van der Waals surface area contributed by atoms with Gasteiger partial charge in [0.05, 0.1) is 17.5 Å². The number of fused-ring (bicyclic) bond motifs is 1. The molecule has 0 aliphatic carbocycles. The summed E-state index contributed by atoms with van der Waals surface area (Å²) in [5, 5.41) is 2.86. The average Bonchev–Trinajstić information content (AvgIpc) is 2.86. The lowest BCUT2D eigenvalue weighted by Gasteiger charge is -2.09. The summed E-state index contributed by atoms with van der Waals surface area (Å²) >= 11 is 0. The number of likely N-dealkylation sites (tertiary alicyclic amines) is 1. The molecule has 3 rings (SSSR count). The van der Waals surface area contributed by atoms with E-state index in [4.69, 9.17) is 0 Å². The topological polar surface area (TPSA) is 78.1 Å². The SMILES string of the molecule is CN1C(=O)CC(Nc2nc3ccc(F)cc3[nH]2)C1=O. The first-order chi connectivity index (χ1) is 9.04. The average molecular weight is 262 g/mol. The van der Waals surface area contributed by atoms with Crippen LogP contribution in [0.25, 0.3) is 11.0 Å². The Morgan fingerprint density at radius 2 is 2.26 bits per heavy atom. The summed E-state index contributed by atoms with van der Waals surface area (Å²) in [6.07, 6.45) is 0.0980. The minimum absolute atomic E-state index is 0.0980. The number of imidazole rings is 1. The van der Waals surface area contributed by atoms with Crippen molar-refractivity contribution in [1.82, 2.24) is 14.9 Å². The van der Waals surface area contributed by atoms with E-state index in [2.05, 4.69) is 15.3 Å². The van der Waals surface area contributed by atoms with Crippen LogP contribution < -0.4 is 5.32 Å². The second-order valence-corrected chi connectivity index (χ2v) is 4.44. The van der Waals surface area contributed by atoms with Crippen molar-refractivity contribution in [3.8, 4) is 0 Å².